The molecule has 13 heteroatoms. The van der Waals surface area contributed by atoms with Gasteiger partial charge in [-0.05, 0) is 42.7 Å². The van der Waals surface area contributed by atoms with Gasteiger partial charge in [-0.3, -0.25) is 19.2 Å². The number of rotatable bonds is 9. The number of ether oxygens (including phenoxy) is 3. The number of amides is 4. The maximum absolute atomic E-state index is 13.3. The third-order valence-corrected chi connectivity index (χ3v) is 7.21. The zero-order valence-electron chi connectivity index (χ0n) is 25.1. The second-order valence-electron chi connectivity index (χ2n) is 10.3. The van der Waals surface area contributed by atoms with Crippen LogP contribution in [0.1, 0.15) is 34.5 Å². The van der Waals surface area contributed by atoms with Gasteiger partial charge in [-0.25, -0.2) is 4.98 Å². The monoisotopic (exact) mass is 606 g/mol. The Morgan fingerprint density at radius 3 is 2.64 bits per heavy atom. The minimum absolute atomic E-state index is 0.112. The fraction of sp³-hybridized carbons (Fsp3) is 0.387. The van der Waals surface area contributed by atoms with Gasteiger partial charge in [0.25, 0.3) is 5.91 Å². The lowest BCUT2D eigenvalue weighted by Crippen LogP contribution is -2.53. The third-order valence-electron chi connectivity index (χ3n) is 7.21. The van der Waals surface area contributed by atoms with E-state index in [0.717, 1.165) is 5.56 Å². The maximum Gasteiger partial charge on any atom is 0.255 e. The van der Waals surface area contributed by atoms with E-state index in [1.165, 1.54) is 11.2 Å². The lowest BCUT2D eigenvalue weighted by molar-refractivity contribution is -0.136. The Kier molecular flexibility index (Phi) is 11.2. The van der Waals surface area contributed by atoms with Crippen molar-refractivity contribution in [2.75, 3.05) is 41.0 Å². The van der Waals surface area contributed by atoms with E-state index in [4.69, 9.17) is 14.2 Å². The zero-order valence-corrected chi connectivity index (χ0v) is 25.1. The lowest BCUT2D eigenvalue weighted by Gasteiger charge is -2.26. The molecule has 0 spiro atoms. The van der Waals surface area contributed by atoms with Gasteiger partial charge in [-0.1, -0.05) is 18.2 Å². The Morgan fingerprint density at radius 2 is 1.89 bits per heavy atom. The number of aryl methyl sites for hydroxylation is 1. The summed E-state index contributed by atoms with van der Waals surface area (Å²) in [7, 11) is 4.75. The van der Waals surface area contributed by atoms with Crippen LogP contribution >= 0.6 is 0 Å². The summed E-state index contributed by atoms with van der Waals surface area (Å²) in [6.07, 6.45) is 4.08. The first-order valence-electron chi connectivity index (χ1n) is 14.3. The maximum atomic E-state index is 13.3. The van der Waals surface area contributed by atoms with Crippen molar-refractivity contribution in [2.45, 2.75) is 37.8 Å². The summed E-state index contributed by atoms with van der Waals surface area (Å²) in [5.74, 6) is -0.447. The number of likely N-dealkylation sites (N-methyl/N-ethyl adjacent to an activating group) is 1. The molecule has 0 fully saturated rings. The second kappa shape index (κ2) is 15.4. The molecule has 3 aromatic rings. The molecule has 0 aliphatic carbocycles. The smallest absolute Gasteiger partial charge is 0.255 e. The number of nitrogens with one attached hydrogen (secondary N) is 4. The topological polar surface area (TPSA) is 164 Å². The molecule has 234 valence electrons. The summed E-state index contributed by atoms with van der Waals surface area (Å²) >= 11 is 0. The van der Waals surface area contributed by atoms with Crippen LogP contribution in [0.2, 0.25) is 0 Å². The van der Waals surface area contributed by atoms with Gasteiger partial charge in [0, 0.05) is 31.9 Å². The standard InChI is InChI=1S/C31H38N6O7/c1-37-13-14-44-25-9-5-4-8-22(25)29(39)36-23(17-28(38)35-24(31(37)41)16-21-18-32-19-34-21)30(40)33-12-6-7-20-10-11-26(42-2)27(15-20)43-3/h4-5,8-11,15,18-19,23-24H,6-7,12-14,16-17H2,1-3H3,(H,32,34)(H,33,40)(H,35,38)(H,36,39)/t23-,24-/m0/s1. The summed E-state index contributed by atoms with van der Waals surface area (Å²) in [5, 5.41) is 8.26. The van der Waals surface area contributed by atoms with E-state index in [2.05, 4.69) is 25.9 Å². The van der Waals surface area contributed by atoms with E-state index < -0.39 is 29.8 Å². The molecule has 0 bridgehead atoms. The minimum Gasteiger partial charge on any atom is -0.493 e. The zero-order chi connectivity index (χ0) is 31.5. The molecular weight excluding hydrogens is 568 g/mol. The molecule has 1 aliphatic rings. The summed E-state index contributed by atoms with van der Waals surface area (Å²) in [5.41, 5.74) is 1.86. The van der Waals surface area contributed by atoms with E-state index in [9.17, 15) is 19.2 Å². The van der Waals surface area contributed by atoms with Gasteiger partial charge in [-0.2, -0.15) is 0 Å². The molecule has 0 unspecified atom stereocenters. The van der Waals surface area contributed by atoms with Gasteiger partial charge >= 0.3 is 0 Å². The van der Waals surface area contributed by atoms with Crippen LogP contribution in [0.25, 0.3) is 0 Å². The molecule has 1 aromatic heterocycles. The number of carbonyl (C=O) groups is 4. The number of hydrogen-bond donors (Lipinski definition) is 4. The number of H-pyrrole nitrogens is 1. The molecule has 4 N–H and O–H groups in total. The van der Waals surface area contributed by atoms with E-state index >= 15 is 0 Å². The van der Waals surface area contributed by atoms with Crippen molar-refractivity contribution in [3.8, 4) is 17.2 Å². The van der Waals surface area contributed by atoms with Crippen molar-refractivity contribution in [3.05, 3.63) is 71.8 Å². The number of hydrogen-bond acceptors (Lipinski definition) is 8. The van der Waals surface area contributed by atoms with Crippen LogP contribution in [-0.2, 0) is 27.2 Å². The number of carbonyl (C=O) groups excluding carboxylic acids is 4. The van der Waals surface area contributed by atoms with Crippen molar-refractivity contribution in [2.24, 2.45) is 0 Å². The van der Waals surface area contributed by atoms with Gasteiger partial charge in [-0.15, -0.1) is 0 Å². The SMILES string of the molecule is COc1ccc(CCCNC(=O)[C@@H]2CC(=O)N[C@@H](Cc3cnc[nH]3)C(=O)N(C)CCOc3ccccc3C(=O)N2)cc1OC. The molecular formula is C31H38N6O7. The molecule has 4 rings (SSSR count). The average molecular weight is 607 g/mol. The second-order valence-corrected chi connectivity index (χ2v) is 10.3. The van der Waals surface area contributed by atoms with E-state index in [1.807, 2.05) is 18.2 Å². The predicted molar refractivity (Wildman–Crippen MR) is 161 cm³/mol. The molecule has 0 saturated carbocycles. The van der Waals surface area contributed by atoms with Crippen LogP contribution in [0.15, 0.2) is 55.0 Å². The molecule has 0 radical (unpaired) electrons. The van der Waals surface area contributed by atoms with Crippen LogP contribution in [0.4, 0.5) is 0 Å². The minimum atomic E-state index is -1.21. The highest BCUT2D eigenvalue weighted by molar-refractivity contribution is 6.01. The Morgan fingerprint density at radius 1 is 1.09 bits per heavy atom. The van der Waals surface area contributed by atoms with Gasteiger partial charge in [0.1, 0.15) is 24.4 Å². The molecule has 44 heavy (non-hydrogen) atoms. The number of aromatic nitrogens is 2. The highest BCUT2D eigenvalue weighted by Gasteiger charge is 2.30. The predicted octanol–water partition coefficient (Wildman–Crippen LogP) is 1.24. The molecule has 13 nitrogen and oxygen atoms in total. The van der Waals surface area contributed by atoms with Crippen molar-refractivity contribution in [1.82, 2.24) is 30.8 Å². The van der Waals surface area contributed by atoms with Crippen molar-refractivity contribution < 1.29 is 33.4 Å². The molecule has 2 atom stereocenters. The Bertz CT molecular complexity index is 1450. The highest BCUT2D eigenvalue weighted by Crippen LogP contribution is 2.28. The van der Waals surface area contributed by atoms with Crippen LogP contribution in [0.3, 0.4) is 0 Å². The first kappa shape index (κ1) is 31.9. The van der Waals surface area contributed by atoms with Crippen LogP contribution in [-0.4, -0.2) is 91.5 Å². The summed E-state index contributed by atoms with van der Waals surface area (Å²) in [6, 6.07) is 10.1. The summed E-state index contributed by atoms with van der Waals surface area (Å²) < 4.78 is 16.5. The van der Waals surface area contributed by atoms with Crippen LogP contribution < -0.4 is 30.2 Å². The van der Waals surface area contributed by atoms with Gasteiger partial charge in [0.15, 0.2) is 11.5 Å². The summed E-state index contributed by atoms with van der Waals surface area (Å²) in [6.45, 7) is 0.631. The molecule has 2 heterocycles. The number of nitrogens with zero attached hydrogens (tertiary/aromatic N) is 2. The van der Waals surface area contributed by atoms with E-state index in [1.54, 1.807) is 51.7 Å². The van der Waals surface area contributed by atoms with Gasteiger partial charge in [0.05, 0.1) is 39.1 Å². The van der Waals surface area contributed by atoms with Gasteiger partial charge in [0.2, 0.25) is 17.7 Å². The van der Waals surface area contributed by atoms with Crippen LogP contribution in [0, 0.1) is 0 Å². The molecule has 2 aromatic carbocycles. The fourth-order valence-electron chi connectivity index (χ4n) is 4.81. The van der Waals surface area contributed by atoms with Gasteiger partial charge < -0.3 is 40.0 Å². The number of imidazole rings is 1. The van der Waals surface area contributed by atoms with Crippen molar-refractivity contribution in [3.63, 3.8) is 0 Å². The molecule has 0 saturated heterocycles. The number of aromatic amines is 1. The first-order valence-corrected chi connectivity index (χ1v) is 14.3. The van der Waals surface area contributed by atoms with Crippen molar-refractivity contribution >= 4 is 23.6 Å². The average Bonchev–Trinajstić information content (AvgIpc) is 3.54. The highest BCUT2D eigenvalue weighted by atomic mass is 16.5. The molecule has 4 amide bonds. The van der Waals surface area contributed by atoms with Crippen molar-refractivity contribution in [1.29, 1.82) is 0 Å². The quantitative estimate of drug-likeness (QED) is 0.264. The fourth-order valence-corrected chi connectivity index (χ4v) is 4.81. The Labute approximate surface area is 255 Å². The number of benzene rings is 2. The summed E-state index contributed by atoms with van der Waals surface area (Å²) in [4.78, 5) is 61.6. The van der Waals surface area contributed by atoms with Crippen LogP contribution in [0.5, 0.6) is 17.2 Å². The third kappa shape index (κ3) is 8.49. The number of fused-ring (bicyclic) bond motifs is 1. The lowest BCUT2D eigenvalue weighted by atomic mass is 10.1. The van der Waals surface area contributed by atoms with E-state index in [-0.39, 0.29) is 37.5 Å². The Balaban J connectivity index is 1.48. The Hall–Kier alpha value is -5.07. The van der Waals surface area contributed by atoms with E-state index in [0.29, 0.717) is 42.3 Å². The first-order chi connectivity index (χ1) is 21.3. The largest absolute Gasteiger partial charge is 0.493 e. The molecule has 1 aliphatic heterocycles. The normalized spacial score (nSPS) is 17.8. The number of methoxy groups -OCH3 is 2. The number of para-hydroxylation sites is 1.